The summed E-state index contributed by atoms with van der Waals surface area (Å²) in [7, 11) is -3.51. The fraction of sp³-hybridized carbons (Fsp3) is 0.0625. The number of hydrogen-bond acceptors (Lipinski definition) is 3. The van der Waals surface area contributed by atoms with Crippen molar-refractivity contribution in [3.63, 3.8) is 0 Å². The van der Waals surface area contributed by atoms with Gasteiger partial charge in [-0.3, -0.25) is 4.79 Å². The number of sulfone groups is 1. The van der Waals surface area contributed by atoms with Crippen molar-refractivity contribution in [1.29, 1.82) is 0 Å². The van der Waals surface area contributed by atoms with Gasteiger partial charge in [0.15, 0.2) is 9.84 Å². The Bertz CT molecular complexity index is 927. The van der Waals surface area contributed by atoms with Gasteiger partial charge in [-0.05, 0) is 48.0 Å². The summed E-state index contributed by atoms with van der Waals surface area (Å²) in [6.07, 6.45) is 3.55. The predicted octanol–water partition coefficient (Wildman–Crippen LogP) is 4.19. The van der Waals surface area contributed by atoms with Crippen molar-refractivity contribution < 1.29 is 17.6 Å². The van der Waals surface area contributed by atoms with Gasteiger partial charge in [0, 0.05) is 22.4 Å². The van der Waals surface area contributed by atoms with Crippen LogP contribution in [0.3, 0.4) is 0 Å². The zero-order valence-electron chi connectivity index (χ0n) is 12.4. The van der Waals surface area contributed by atoms with E-state index in [0.717, 1.165) is 30.5 Å². The number of amides is 1. The van der Waals surface area contributed by atoms with Gasteiger partial charge in [-0.1, -0.05) is 23.2 Å². The summed E-state index contributed by atoms with van der Waals surface area (Å²) in [5.74, 6) is -1.39. The van der Waals surface area contributed by atoms with Crippen molar-refractivity contribution >= 4 is 50.7 Å². The lowest BCUT2D eigenvalue weighted by Gasteiger charge is -2.06. The number of nitrogens with one attached hydrogen (secondary N) is 1. The van der Waals surface area contributed by atoms with E-state index >= 15 is 0 Å². The number of carbonyl (C=O) groups is 1. The van der Waals surface area contributed by atoms with Crippen LogP contribution in [0.2, 0.25) is 10.0 Å². The van der Waals surface area contributed by atoms with Crippen molar-refractivity contribution in [2.45, 2.75) is 4.90 Å². The molecule has 2 aromatic rings. The minimum absolute atomic E-state index is 0.0962. The molecule has 2 aromatic carbocycles. The summed E-state index contributed by atoms with van der Waals surface area (Å²) >= 11 is 11.8. The van der Waals surface area contributed by atoms with Gasteiger partial charge in [0.25, 0.3) is 0 Å². The predicted molar refractivity (Wildman–Crippen MR) is 93.6 cm³/mol. The van der Waals surface area contributed by atoms with Gasteiger partial charge in [0.2, 0.25) is 5.91 Å². The second-order valence-electron chi connectivity index (χ2n) is 4.90. The number of benzene rings is 2. The monoisotopic (exact) mass is 387 g/mol. The molecule has 0 spiro atoms. The van der Waals surface area contributed by atoms with Crippen LogP contribution >= 0.6 is 23.2 Å². The zero-order valence-corrected chi connectivity index (χ0v) is 14.7. The molecule has 0 saturated heterocycles. The van der Waals surface area contributed by atoms with Gasteiger partial charge in [0.05, 0.1) is 10.6 Å². The van der Waals surface area contributed by atoms with E-state index in [-0.39, 0.29) is 10.6 Å². The van der Waals surface area contributed by atoms with Crippen LogP contribution in [0.25, 0.3) is 6.08 Å². The molecular weight excluding hydrogens is 376 g/mol. The van der Waals surface area contributed by atoms with E-state index in [4.69, 9.17) is 23.2 Å². The average Bonchev–Trinajstić information content (AvgIpc) is 2.49. The number of hydrogen-bond donors (Lipinski definition) is 1. The van der Waals surface area contributed by atoms with E-state index in [0.29, 0.717) is 15.6 Å². The summed E-state index contributed by atoms with van der Waals surface area (Å²) < 4.78 is 36.7. The molecular formula is C16H12Cl2FNO3S. The molecule has 0 aromatic heterocycles. The normalized spacial score (nSPS) is 11.7. The fourth-order valence-electron chi connectivity index (χ4n) is 1.81. The Kier molecular flexibility index (Phi) is 5.64. The summed E-state index contributed by atoms with van der Waals surface area (Å²) in [5, 5.41) is 3.13. The molecule has 0 heterocycles. The number of rotatable bonds is 4. The standard InChI is InChI=1S/C16H12Cl2FNO3S/c1-24(22,23)12-4-6-14(19)15(9-12)20-16(21)7-2-10-8-11(17)3-5-13(10)18/h2-9H,1H3,(H,20,21)/b7-2+. The molecule has 0 fully saturated rings. The Morgan fingerprint density at radius 2 is 1.88 bits per heavy atom. The quantitative estimate of drug-likeness (QED) is 0.631. The molecule has 1 N–H and O–H groups in total. The minimum atomic E-state index is -3.51. The Hall–Kier alpha value is -1.89. The maximum absolute atomic E-state index is 13.7. The first-order valence-electron chi connectivity index (χ1n) is 6.60. The Morgan fingerprint density at radius 3 is 2.54 bits per heavy atom. The lowest BCUT2D eigenvalue weighted by molar-refractivity contribution is -0.111. The van der Waals surface area contributed by atoms with E-state index in [1.54, 1.807) is 18.2 Å². The molecule has 0 aliphatic heterocycles. The second kappa shape index (κ2) is 7.34. The third-order valence-electron chi connectivity index (χ3n) is 3.00. The van der Waals surface area contributed by atoms with Crippen molar-refractivity contribution in [3.05, 3.63) is 63.9 Å². The molecule has 126 valence electrons. The SMILES string of the molecule is CS(=O)(=O)c1ccc(F)c(NC(=O)/C=C/c2cc(Cl)ccc2Cl)c1. The number of anilines is 1. The molecule has 0 atom stereocenters. The topological polar surface area (TPSA) is 63.2 Å². The van der Waals surface area contributed by atoms with E-state index < -0.39 is 21.6 Å². The van der Waals surface area contributed by atoms with Gasteiger partial charge in [-0.2, -0.15) is 0 Å². The van der Waals surface area contributed by atoms with Gasteiger partial charge < -0.3 is 5.32 Å². The van der Waals surface area contributed by atoms with Crippen molar-refractivity contribution in [1.82, 2.24) is 0 Å². The highest BCUT2D eigenvalue weighted by atomic mass is 35.5. The van der Waals surface area contributed by atoms with Crippen molar-refractivity contribution in [2.24, 2.45) is 0 Å². The molecule has 1 amide bonds. The maximum atomic E-state index is 13.7. The molecule has 0 unspecified atom stereocenters. The van der Waals surface area contributed by atoms with Crippen LogP contribution in [0, 0.1) is 5.82 Å². The van der Waals surface area contributed by atoms with Gasteiger partial charge in [0.1, 0.15) is 5.82 Å². The highest BCUT2D eigenvalue weighted by molar-refractivity contribution is 7.90. The molecule has 0 saturated carbocycles. The van der Waals surface area contributed by atoms with E-state index in [1.165, 1.54) is 6.08 Å². The maximum Gasteiger partial charge on any atom is 0.248 e. The second-order valence-corrected chi connectivity index (χ2v) is 7.76. The van der Waals surface area contributed by atoms with Gasteiger partial charge in [-0.15, -0.1) is 0 Å². The van der Waals surface area contributed by atoms with E-state index in [2.05, 4.69) is 5.32 Å². The molecule has 0 aliphatic carbocycles. The zero-order chi connectivity index (χ0) is 17.9. The lowest BCUT2D eigenvalue weighted by Crippen LogP contribution is -2.10. The molecule has 24 heavy (non-hydrogen) atoms. The first kappa shape index (κ1) is 18.4. The van der Waals surface area contributed by atoms with Crippen LogP contribution in [-0.2, 0) is 14.6 Å². The molecule has 8 heteroatoms. The van der Waals surface area contributed by atoms with E-state index in [9.17, 15) is 17.6 Å². The Labute approximate surface area is 148 Å². The summed E-state index contributed by atoms with van der Waals surface area (Å²) in [5.41, 5.74) is 0.287. The van der Waals surface area contributed by atoms with Crippen LogP contribution in [0.5, 0.6) is 0 Å². The average molecular weight is 388 g/mol. The Balaban J connectivity index is 2.21. The largest absolute Gasteiger partial charge is 0.320 e. The number of halogens is 3. The van der Waals surface area contributed by atoms with Gasteiger partial charge in [-0.25, -0.2) is 12.8 Å². The lowest BCUT2D eigenvalue weighted by atomic mass is 10.2. The first-order valence-corrected chi connectivity index (χ1v) is 9.25. The molecule has 0 aliphatic rings. The van der Waals surface area contributed by atoms with Crippen LogP contribution in [0.15, 0.2) is 47.4 Å². The third-order valence-corrected chi connectivity index (χ3v) is 4.69. The Morgan fingerprint density at radius 1 is 1.17 bits per heavy atom. The third kappa shape index (κ3) is 4.80. The van der Waals surface area contributed by atoms with Crippen molar-refractivity contribution in [3.8, 4) is 0 Å². The highest BCUT2D eigenvalue weighted by Crippen LogP contribution is 2.22. The molecule has 0 bridgehead atoms. The smallest absolute Gasteiger partial charge is 0.248 e. The molecule has 0 radical (unpaired) electrons. The van der Waals surface area contributed by atoms with Crippen LogP contribution in [0.4, 0.5) is 10.1 Å². The number of carbonyl (C=O) groups excluding carboxylic acids is 1. The molecule has 4 nitrogen and oxygen atoms in total. The van der Waals surface area contributed by atoms with E-state index in [1.807, 2.05) is 0 Å². The fourth-order valence-corrected chi connectivity index (χ4v) is 2.82. The minimum Gasteiger partial charge on any atom is -0.320 e. The highest BCUT2D eigenvalue weighted by Gasteiger charge is 2.12. The first-order chi connectivity index (χ1) is 11.2. The van der Waals surface area contributed by atoms with Crippen LogP contribution in [-0.4, -0.2) is 20.6 Å². The van der Waals surface area contributed by atoms with Crippen molar-refractivity contribution in [2.75, 3.05) is 11.6 Å². The molecule has 2 rings (SSSR count). The van der Waals surface area contributed by atoms with Gasteiger partial charge >= 0.3 is 0 Å². The summed E-state index contributed by atoms with van der Waals surface area (Å²) in [4.78, 5) is 11.8. The van der Waals surface area contributed by atoms with Crippen LogP contribution < -0.4 is 5.32 Å². The summed E-state index contributed by atoms with van der Waals surface area (Å²) in [6, 6.07) is 7.91. The summed E-state index contributed by atoms with van der Waals surface area (Å²) in [6.45, 7) is 0. The van der Waals surface area contributed by atoms with Crippen LogP contribution in [0.1, 0.15) is 5.56 Å².